The average Bonchev–Trinajstić information content (AvgIpc) is 2.95. The summed E-state index contributed by atoms with van der Waals surface area (Å²) in [6.07, 6.45) is 4.06. The number of rotatable bonds is 2. The Morgan fingerprint density at radius 3 is 2.70 bits per heavy atom. The van der Waals surface area contributed by atoms with Crippen molar-refractivity contribution in [1.82, 2.24) is 4.90 Å². The number of benzene rings is 1. The van der Waals surface area contributed by atoms with E-state index < -0.39 is 0 Å². The third-order valence-electron chi connectivity index (χ3n) is 5.35. The van der Waals surface area contributed by atoms with Gasteiger partial charge in [0.15, 0.2) is 11.5 Å². The SMILES string of the molecule is COc1cc2c(cc1OC)[C@H]1[C@H]3C(=CC[C@H]1OC2=O)CCN3C. The van der Waals surface area contributed by atoms with E-state index in [0.717, 1.165) is 24.9 Å². The third-order valence-corrected chi connectivity index (χ3v) is 5.35. The summed E-state index contributed by atoms with van der Waals surface area (Å²) in [5.41, 5.74) is 3.09. The number of fused-ring (bicyclic) bond motifs is 5. The fourth-order valence-corrected chi connectivity index (χ4v) is 4.26. The lowest BCUT2D eigenvalue weighted by Gasteiger charge is -2.41. The van der Waals surface area contributed by atoms with Crippen LogP contribution in [0, 0.1) is 0 Å². The Kier molecular flexibility index (Phi) is 3.34. The molecule has 2 heterocycles. The molecule has 1 fully saturated rings. The second-order valence-corrected chi connectivity index (χ2v) is 6.45. The summed E-state index contributed by atoms with van der Waals surface area (Å²) >= 11 is 0. The van der Waals surface area contributed by atoms with Crippen molar-refractivity contribution in [2.45, 2.75) is 30.9 Å². The lowest BCUT2D eigenvalue weighted by atomic mass is 9.75. The molecule has 0 amide bonds. The van der Waals surface area contributed by atoms with Crippen molar-refractivity contribution >= 4 is 5.97 Å². The third kappa shape index (κ3) is 2.06. The van der Waals surface area contributed by atoms with Crippen LogP contribution in [0.5, 0.6) is 11.5 Å². The van der Waals surface area contributed by atoms with Gasteiger partial charge in [0.25, 0.3) is 0 Å². The largest absolute Gasteiger partial charge is 0.493 e. The van der Waals surface area contributed by atoms with Gasteiger partial charge in [-0.15, -0.1) is 0 Å². The predicted octanol–water partition coefficient (Wildman–Crippen LogP) is 2.36. The Balaban J connectivity index is 1.88. The molecule has 122 valence electrons. The first-order valence-electron chi connectivity index (χ1n) is 8.00. The van der Waals surface area contributed by atoms with Crippen LogP contribution in [-0.4, -0.2) is 50.8 Å². The van der Waals surface area contributed by atoms with E-state index in [4.69, 9.17) is 14.2 Å². The molecule has 4 rings (SSSR count). The minimum absolute atomic E-state index is 0.0950. The maximum atomic E-state index is 12.4. The number of hydrogen-bond donors (Lipinski definition) is 0. The van der Waals surface area contributed by atoms with Gasteiger partial charge in [-0.2, -0.15) is 0 Å². The highest BCUT2D eigenvalue weighted by atomic mass is 16.5. The molecule has 1 aliphatic carbocycles. The van der Waals surface area contributed by atoms with E-state index >= 15 is 0 Å². The molecule has 5 heteroatoms. The highest BCUT2D eigenvalue weighted by Crippen LogP contribution is 2.47. The monoisotopic (exact) mass is 315 g/mol. The van der Waals surface area contributed by atoms with E-state index in [9.17, 15) is 4.79 Å². The Bertz CT molecular complexity index is 697. The molecule has 23 heavy (non-hydrogen) atoms. The highest BCUT2D eigenvalue weighted by Gasteiger charge is 2.47. The van der Waals surface area contributed by atoms with E-state index in [1.54, 1.807) is 20.3 Å². The summed E-state index contributed by atoms with van der Waals surface area (Å²) in [4.78, 5) is 14.8. The van der Waals surface area contributed by atoms with Gasteiger partial charge in [0.05, 0.1) is 19.8 Å². The van der Waals surface area contributed by atoms with Gasteiger partial charge in [-0.25, -0.2) is 4.79 Å². The minimum Gasteiger partial charge on any atom is -0.493 e. The fourth-order valence-electron chi connectivity index (χ4n) is 4.26. The molecule has 0 N–H and O–H groups in total. The molecule has 0 spiro atoms. The van der Waals surface area contributed by atoms with Crippen LogP contribution in [0.15, 0.2) is 23.8 Å². The number of methoxy groups -OCH3 is 2. The van der Waals surface area contributed by atoms with Crippen molar-refractivity contribution in [3.05, 3.63) is 34.9 Å². The fraction of sp³-hybridized carbons (Fsp3) is 0.500. The van der Waals surface area contributed by atoms with Crippen molar-refractivity contribution in [1.29, 1.82) is 0 Å². The van der Waals surface area contributed by atoms with Crippen molar-refractivity contribution in [2.24, 2.45) is 0 Å². The summed E-state index contributed by atoms with van der Waals surface area (Å²) < 4.78 is 16.5. The smallest absolute Gasteiger partial charge is 0.338 e. The van der Waals surface area contributed by atoms with E-state index in [-0.39, 0.29) is 18.0 Å². The zero-order chi connectivity index (χ0) is 16.1. The number of esters is 1. The van der Waals surface area contributed by atoms with Crippen LogP contribution in [0.25, 0.3) is 0 Å². The molecule has 3 aliphatic rings. The summed E-state index contributed by atoms with van der Waals surface area (Å²) in [6.45, 7) is 1.05. The first-order valence-corrected chi connectivity index (χ1v) is 8.00. The Morgan fingerprint density at radius 1 is 1.22 bits per heavy atom. The molecule has 0 saturated carbocycles. The topological polar surface area (TPSA) is 48.0 Å². The summed E-state index contributed by atoms with van der Waals surface area (Å²) in [6, 6.07) is 4.01. The lowest BCUT2D eigenvalue weighted by Crippen LogP contribution is -2.45. The van der Waals surface area contributed by atoms with Crippen molar-refractivity contribution in [3.63, 3.8) is 0 Å². The second kappa shape index (κ2) is 5.27. The summed E-state index contributed by atoms with van der Waals surface area (Å²) in [7, 11) is 5.34. The van der Waals surface area contributed by atoms with E-state index in [0.29, 0.717) is 23.1 Å². The number of nitrogens with zero attached hydrogens (tertiary/aromatic N) is 1. The minimum atomic E-state index is -0.264. The van der Waals surface area contributed by atoms with Gasteiger partial charge in [-0.3, -0.25) is 4.90 Å². The van der Waals surface area contributed by atoms with Gasteiger partial charge in [0.2, 0.25) is 0 Å². The van der Waals surface area contributed by atoms with Gasteiger partial charge in [-0.05, 0) is 31.2 Å². The van der Waals surface area contributed by atoms with Crippen LogP contribution in [0.2, 0.25) is 0 Å². The van der Waals surface area contributed by atoms with Crippen LogP contribution < -0.4 is 9.47 Å². The highest BCUT2D eigenvalue weighted by molar-refractivity contribution is 5.94. The summed E-state index contributed by atoms with van der Waals surface area (Å²) in [5, 5.41) is 0. The maximum absolute atomic E-state index is 12.4. The number of carbonyl (C=O) groups is 1. The molecule has 1 saturated heterocycles. The molecule has 1 aromatic rings. The Morgan fingerprint density at radius 2 is 1.96 bits per heavy atom. The number of likely N-dealkylation sites (N-methyl/N-ethyl adjacent to an activating group) is 1. The zero-order valence-electron chi connectivity index (χ0n) is 13.7. The predicted molar refractivity (Wildman–Crippen MR) is 85.2 cm³/mol. The maximum Gasteiger partial charge on any atom is 0.338 e. The average molecular weight is 315 g/mol. The van der Waals surface area contributed by atoms with Crippen molar-refractivity contribution in [2.75, 3.05) is 27.8 Å². The van der Waals surface area contributed by atoms with E-state index in [1.165, 1.54) is 5.57 Å². The molecule has 0 unspecified atom stereocenters. The normalized spacial score (nSPS) is 29.1. The molecule has 0 aromatic heterocycles. The number of likely N-dealkylation sites (tertiary alicyclic amines) is 1. The molecule has 5 nitrogen and oxygen atoms in total. The van der Waals surface area contributed by atoms with Crippen LogP contribution >= 0.6 is 0 Å². The molecule has 2 aliphatic heterocycles. The van der Waals surface area contributed by atoms with Crippen LogP contribution in [0.1, 0.15) is 34.7 Å². The zero-order valence-corrected chi connectivity index (χ0v) is 13.7. The van der Waals surface area contributed by atoms with Gasteiger partial charge >= 0.3 is 5.97 Å². The molecule has 0 radical (unpaired) electrons. The number of ether oxygens (including phenoxy) is 3. The number of hydrogen-bond acceptors (Lipinski definition) is 5. The van der Waals surface area contributed by atoms with Gasteiger partial charge in [0.1, 0.15) is 6.10 Å². The second-order valence-electron chi connectivity index (χ2n) is 6.45. The van der Waals surface area contributed by atoms with Crippen molar-refractivity contribution in [3.8, 4) is 11.5 Å². The molecule has 1 aromatic carbocycles. The van der Waals surface area contributed by atoms with E-state index in [2.05, 4.69) is 18.0 Å². The van der Waals surface area contributed by atoms with Crippen LogP contribution in [0.4, 0.5) is 0 Å². The first kappa shape index (κ1) is 14.6. The molecule has 3 atom stereocenters. The van der Waals surface area contributed by atoms with Crippen LogP contribution in [-0.2, 0) is 4.74 Å². The molecular weight excluding hydrogens is 294 g/mol. The molecule has 0 bridgehead atoms. The van der Waals surface area contributed by atoms with Gasteiger partial charge < -0.3 is 14.2 Å². The van der Waals surface area contributed by atoms with Gasteiger partial charge in [0, 0.05) is 24.9 Å². The lowest BCUT2D eigenvalue weighted by molar-refractivity contribution is 0.00907. The standard InChI is InChI=1S/C18H21NO4/c1-19-7-6-10-4-5-13-16(17(10)19)11-8-14(21-2)15(22-3)9-12(11)18(20)23-13/h4,8-9,13,16-17H,5-7H2,1-3H3/t13-,16-,17-/m1/s1. The summed E-state index contributed by atoms with van der Waals surface area (Å²) in [5.74, 6) is 1.12. The quantitative estimate of drug-likeness (QED) is 0.619. The van der Waals surface area contributed by atoms with Gasteiger partial charge in [-0.1, -0.05) is 11.6 Å². The molecular formula is C18H21NO4. The Hall–Kier alpha value is -2.01. The number of carbonyl (C=O) groups excluding carboxylic acids is 1. The van der Waals surface area contributed by atoms with Crippen LogP contribution in [0.3, 0.4) is 0 Å². The van der Waals surface area contributed by atoms with Crippen molar-refractivity contribution < 1.29 is 19.0 Å². The first-order chi connectivity index (χ1) is 11.1. The Labute approximate surface area is 135 Å². The van der Waals surface area contributed by atoms with E-state index in [1.807, 2.05) is 6.07 Å².